The van der Waals surface area contributed by atoms with E-state index in [1.54, 1.807) is 32.4 Å². The summed E-state index contributed by atoms with van der Waals surface area (Å²) in [7, 11) is 3.20. The minimum absolute atomic E-state index is 0.524. The molecule has 3 N–H and O–H groups in total. The number of benzene rings is 2. The molecule has 0 bridgehead atoms. The molecule has 0 aliphatic carbocycles. The molecule has 0 spiro atoms. The lowest BCUT2D eigenvalue weighted by molar-refractivity contribution is 0.354. The largest absolute Gasteiger partial charge is 0.493 e. The number of nitrogens with two attached hydrogens (primary N) is 1. The van der Waals surface area contributed by atoms with Gasteiger partial charge in [0.15, 0.2) is 11.5 Å². The Labute approximate surface area is 123 Å². The third-order valence-electron chi connectivity index (χ3n) is 3.09. The lowest BCUT2D eigenvalue weighted by atomic mass is 10.1. The van der Waals surface area contributed by atoms with Gasteiger partial charge in [0.2, 0.25) is 0 Å². The fourth-order valence-electron chi connectivity index (χ4n) is 2.00. The molecule has 0 atom stereocenters. The van der Waals surface area contributed by atoms with Crippen LogP contribution in [0.2, 0.25) is 0 Å². The van der Waals surface area contributed by atoms with Crippen LogP contribution in [-0.4, -0.2) is 14.2 Å². The van der Waals surface area contributed by atoms with Gasteiger partial charge in [-0.05, 0) is 35.9 Å². The smallest absolute Gasteiger partial charge is 0.161 e. The summed E-state index contributed by atoms with van der Waals surface area (Å²) in [6.45, 7) is 0.568. The molecule has 0 heterocycles. The zero-order valence-electron chi connectivity index (χ0n) is 12.0. The number of nitrogens with one attached hydrogen (secondary N) is 1. The van der Waals surface area contributed by atoms with Crippen molar-refractivity contribution in [3.05, 3.63) is 47.5 Å². The highest BCUT2D eigenvalue weighted by molar-refractivity contribution is 5.63. The number of hydrogen-bond acceptors (Lipinski definition) is 5. The zero-order chi connectivity index (χ0) is 15.2. The summed E-state index contributed by atoms with van der Waals surface area (Å²) >= 11 is 0. The molecule has 0 saturated heterocycles. The Bertz CT molecular complexity index is 678. The van der Waals surface area contributed by atoms with Crippen molar-refractivity contribution >= 4 is 11.4 Å². The van der Waals surface area contributed by atoms with Crippen molar-refractivity contribution in [2.45, 2.75) is 6.54 Å². The fraction of sp³-hybridized carbons (Fsp3) is 0.188. The summed E-state index contributed by atoms with van der Waals surface area (Å²) in [5.41, 5.74) is 8.54. The highest BCUT2D eigenvalue weighted by Gasteiger charge is 2.06. The molecule has 2 aromatic rings. The van der Waals surface area contributed by atoms with Gasteiger partial charge in [0.05, 0.1) is 25.5 Å². The van der Waals surface area contributed by atoms with Crippen LogP contribution in [0.4, 0.5) is 11.4 Å². The van der Waals surface area contributed by atoms with Crippen molar-refractivity contribution in [1.29, 1.82) is 5.26 Å². The SMILES string of the molecule is COc1ccc(CNc2ccc(N)cc2C#N)cc1OC. The number of nitriles is 1. The quantitative estimate of drug-likeness (QED) is 0.825. The van der Waals surface area contributed by atoms with Crippen molar-refractivity contribution in [2.75, 3.05) is 25.3 Å². The first-order chi connectivity index (χ1) is 10.2. The fourth-order valence-corrected chi connectivity index (χ4v) is 2.00. The molecular weight excluding hydrogens is 266 g/mol. The molecule has 0 fully saturated rings. The first-order valence-electron chi connectivity index (χ1n) is 6.42. The van der Waals surface area contributed by atoms with E-state index in [1.807, 2.05) is 18.2 Å². The van der Waals surface area contributed by atoms with Crippen LogP contribution in [0.1, 0.15) is 11.1 Å². The summed E-state index contributed by atoms with van der Waals surface area (Å²) in [4.78, 5) is 0. The summed E-state index contributed by atoms with van der Waals surface area (Å²) in [6.07, 6.45) is 0. The van der Waals surface area contributed by atoms with Crippen LogP contribution < -0.4 is 20.5 Å². The molecule has 2 rings (SSSR count). The number of rotatable bonds is 5. The number of nitrogen functional groups attached to an aromatic ring is 1. The minimum Gasteiger partial charge on any atom is -0.493 e. The molecule has 0 radical (unpaired) electrons. The second-order valence-electron chi connectivity index (χ2n) is 4.46. The van der Waals surface area contributed by atoms with Gasteiger partial charge in [-0.15, -0.1) is 0 Å². The Morgan fingerprint density at radius 3 is 2.52 bits per heavy atom. The third-order valence-corrected chi connectivity index (χ3v) is 3.09. The minimum atomic E-state index is 0.524. The van der Waals surface area contributed by atoms with Crippen LogP contribution >= 0.6 is 0 Å². The van der Waals surface area contributed by atoms with Crippen molar-refractivity contribution < 1.29 is 9.47 Å². The van der Waals surface area contributed by atoms with Gasteiger partial charge in [0, 0.05) is 12.2 Å². The van der Waals surface area contributed by atoms with E-state index in [4.69, 9.17) is 20.5 Å². The lowest BCUT2D eigenvalue weighted by Crippen LogP contribution is -2.02. The molecule has 5 nitrogen and oxygen atoms in total. The lowest BCUT2D eigenvalue weighted by Gasteiger charge is -2.12. The maximum atomic E-state index is 9.11. The average Bonchev–Trinajstić information content (AvgIpc) is 2.53. The Kier molecular flexibility index (Phi) is 4.52. The Balaban J connectivity index is 2.15. The molecule has 0 aromatic heterocycles. The standard InChI is InChI=1S/C16H17N3O2/c1-20-15-6-3-11(7-16(15)21-2)10-19-14-5-4-13(18)8-12(14)9-17/h3-8,19H,10,18H2,1-2H3. The molecule has 108 valence electrons. The molecule has 0 aliphatic heterocycles. The van der Waals surface area contributed by atoms with Crippen molar-refractivity contribution in [3.63, 3.8) is 0 Å². The average molecular weight is 283 g/mol. The molecule has 2 aromatic carbocycles. The Morgan fingerprint density at radius 1 is 1.10 bits per heavy atom. The van der Waals surface area contributed by atoms with Gasteiger partial charge in [-0.25, -0.2) is 0 Å². The molecule has 0 unspecified atom stereocenters. The van der Waals surface area contributed by atoms with E-state index in [1.165, 1.54) is 0 Å². The van der Waals surface area contributed by atoms with Crippen molar-refractivity contribution in [3.8, 4) is 17.6 Å². The summed E-state index contributed by atoms with van der Waals surface area (Å²) < 4.78 is 10.5. The molecule has 5 heteroatoms. The normalized spacial score (nSPS) is 9.76. The van der Waals surface area contributed by atoms with E-state index in [9.17, 15) is 0 Å². The van der Waals surface area contributed by atoms with Gasteiger partial charge in [-0.3, -0.25) is 0 Å². The number of methoxy groups -OCH3 is 2. The predicted molar refractivity (Wildman–Crippen MR) is 82.4 cm³/mol. The maximum absolute atomic E-state index is 9.11. The third kappa shape index (κ3) is 3.37. The van der Waals surface area contributed by atoms with E-state index in [2.05, 4.69) is 11.4 Å². The number of ether oxygens (including phenoxy) is 2. The second-order valence-corrected chi connectivity index (χ2v) is 4.46. The first kappa shape index (κ1) is 14.5. The summed E-state index contributed by atoms with van der Waals surface area (Å²) in [5.74, 6) is 1.36. The highest BCUT2D eigenvalue weighted by Crippen LogP contribution is 2.28. The summed E-state index contributed by atoms with van der Waals surface area (Å²) in [5, 5.41) is 12.3. The van der Waals surface area contributed by atoms with E-state index < -0.39 is 0 Å². The van der Waals surface area contributed by atoms with Gasteiger partial charge >= 0.3 is 0 Å². The van der Waals surface area contributed by atoms with Crippen LogP contribution in [0.25, 0.3) is 0 Å². The maximum Gasteiger partial charge on any atom is 0.161 e. The van der Waals surface area contributed by atoms with Crippen LogP contribution in [0.15, 0.2) is 36.4 Å². The van der Waals surface area contributed by atoms with Crippen LogP contribution in [-0.2, 0) is 6.54 Å². The topological polar surface area (TPSA) is 80.3 Å². The van der Waals surface area contributed by atoms with E-state index in [-0.39, 0.29) is 0 Å². The first-order valence-corrected chi connectivity index (χ1v) is 6.42. The zero-order valence-corrected chi connectivity index (χ0v) is 12.0. The highest BCUT2D eigenvalue weighted by atomic mass is 16.5. The van der Waals surface area contributed by atoms with E-state index >= 15 is 0 Å². The number of anilines is 2. The molecule has 0 amide bonds. The van der Waals surface area contributed by atoms with Gasteiger partial charge in [0.1, 0.15) is 6.07 Å². The van der Waals surface area contributed by atoms with Gasteiger partial charge in [-0.2, -0.15) is 5.26 Å². The molecular formula is C16H17N3O2. The number of hydrogen-bond donors (Lipinski definition) is 2. The monoisotopic (exact) mass is 283 g/mol. The van der Waals surface area contributed by atoms with Gasteiger partial charge < -0.3 is 20.5 Å². The van der Waals surface area contributed by atoms with Crippen molar-refractivity contribution in [2.24, 2.45) is 0 Å². The van der Waals surface area contributed by atoms with Crippen molar-refractivity contribution in [1.82, 2.24) is 0 Å². The van der Waals surface area contributed by atoms with Gasteiger partial charge in [-0.1, -0.05) is 6.07 Å². The van der Waals surface area contributed by atoms with E-state index in [0.29, 0.717) is 29.3 Å². The van der Waals surface area contributed by atoms with Crippen LogP contribution in [0.5, 0.6) is 11.5 Å². The van der Waals surface area contributed by atoms with Gasteiger partial charge in [0.25, 0.3) is 0 Å². The van der Waals surface area contributed by atoms with Crippen LogP contribution in [0, 0.1) is 11.3 Å². The molecule has 0 aliphatic rings. The van der Waals surface area contributed by atoms with E-state index in [0.717, 1.165) is 11.3 Å². The molecule has 21 heavy (non-hydrogen) atoms. The summed E-state index contributed by atoms with van der Waals surface area (Å²) in [6, 6.07) is 13.0. The number of nitrogens with zero attached hydrogens (tertiary/aromatic N) is 1. The predicted octanol–water partition coefficient (Wildman–Crippen LogP) is 2.77. The Morgan fingerprint density at radius 2 is 1.86 bits per heavy atom. The molecule has 0 saturated carbocycles. The van der Waals surface area contributed by atoms with Crippen LogP contribution in [0.3, 0.4) is 0 Å². The Hall–Kier alpha value is -2.87. The second kappa shape index (κ2) is 6.53.